The van der Waals surface area contributed by atoms with Crippen molar-refractivity contribution in [3.05, 3.63) is 30.4 Å². The van der Waals surface area contributed by atoms with Crippen LogP contribution in [-0.2, 0) is 19.0 Å². The summed E-state index contributed by atoms with van der Waals surface area (Å²) in [5.74, 6) is -0.151. The normalized spacial score (nSPS) is 17.1. The van der Waals surface area contributed by atoms with Gasteiger partial charge in [-0.15, -0.1) is 0 Å². The van der Waals surface area contributed by atoms with Crippen LogP contribution >= 0.6 is 0 Å². The van der Waals surface area contributed by atoms with Gasteiger partial charge in [-0.1, -0.05) is 12.7 Å². The van der Waals surface area contributed by atoms with Crippen molar-refractivity contribution in [2.75, 3.05) is 53.0 Å². The van der Waals surface area contributed by atoms with Gasteiger partial charge in [0.2, 0.25) is 0 Å². The number of hydrogen-bond acceptors (Lipinski definition) is 9. The Balaban J connectivity index is 2.22. The Morgan fingerprint density at radius 2 is 1.91 bits per heavy atom. The number of rotatable bonds is 12. The first-order chi connectivity index (χ1) is 16.4. The lowest BCUT2D eigenvalue weighted by Crippen LogP contribution is -2.43. The Labute approximate surface area is 198 Å². The van der Waals surface area contributed by atoms with Gasteiger partial charge in [-0.25, -0.2) is 4.79 Å². The van der Waals surface area contributed by atoms with E-state index in [9.17, 15) is 19.5 Å². The summed E-state index contributed by atoms with van der Waals surface area (Å²) in [4.78, 5) is 38.4. The fourth-order valence-corrected chi connectivity index (χ4v) is 3.64. The number of carbonyl (C=O) groups excluding carboxylic acids is 3. The number of carbonyl (C=O) groups is 3. The van der Waals surface area contributed by atoms with E-state index in [2.05, 4.69) is 16.6 Å². The van der Waals surface area contributed by atoms with Gasteiger partial charge < -0.3 is 33.7 Å². The third-order valence-corrected chi connectivity index (χ3v) is 5.34. The number of methoxy groups -OCH3 is 3. The molecule has 2 rings (SSSR count). The number of nitrogens with one attached hydrogen (secondary N) is 1. The van der Waals surface area contributed by atoms with Crippen LogP contribution in [0.3, 0.4) is 0 Å². The summed E-state index contributed by atoms with van der Waals surface area (Å²) in [7, 11) is 4.19. The molecule has 0 bridgehead atoms. The number of ether oxygens (including phenoxy) is 5. The van der Waals surface area contributed by atoms with Crippen LogP contribution in [0.4, 0.5) is 10.5 Å². The van der Waals surface area contributed by atoms with Crippen LogP contribution in [0.1, 0.15) is 29.6 Å². The standard InChI is InChI=1S/C23H32N2O9/c1-5-10-34-23(29)24-16-13-20(31-3)19(30-2)12-15(16)22(28)25-9-8-18(17(25)14-26)33-11-6-7-21(27)32-4/h5,12-13,17-18,26H,1,6-11,14H2,2-4H3,(H,24,29). The van der Waals surface area contributed by atoms with Crippen LogP contribution < -0.4 is 14.8 Å². The van der Waals surface area contributed by atoms with E-state index in [0.717, 1.165) is 0 Å². The minimum Gasteiger partial charge on any atom is -0.493 e. The van der Waals surface area contributed by atoms with Gasteiger partial charge in [0.1, 0.15) is 6.61 Å². The molecule has 1 fully saturated rings. The van der Waals surface area contributed by atoms with Crippen molar-refractivity contribution in [3.8, 4) is 11.5 Å². The highest BCUT2D eigenvalue weighted by Crippen LogP contribution is 2.35. The van der Waals surface area contributed by atoms with Gasteiger partial charge in [-0.3, -0.25) is 14.9 Å². The van der Waals surface area contributed by atoms with E-state index in [1.165, 1.54) is 44.4 Å². The van der Waals surface area contributed by atoms with Gasteiger partial charge in [-0.05, 0) is 18.9 Å². The topological polar surface area (TPSA) is 133 Å². The lowest BCUT2D eigenvalue weighted by atomic mass is 10.1. The first-order valence-corrected chi connectivity index (χ1v) is 10.8. The Morgan fingerprint density at radius 1 is 1.21 bits per heavy atom. The van der Waals surface area contributed by atoms with E-state index in [0.29, 0.717) is 30.9 Å². The molecular formula is C23H32N2O9. The number of aliphatic hydroxyl groups excluding tert-OH is 1. The maximum Gasteiger partial charge on any atom is 0.411 e. The molecule has 2 N–H and O–H groups in total. The van der Waals surface area contributed by atoms with E-state index in [-0.39, 0.29) is 43.5 Å². The van der Waals surface area contributed by atoms with Crippen molar-refractivity contribution in [2.45, 2.75) is 31.4 Å². The van der Waals surface area contributed by atoms with E-state index < -0.39 is 24.1 Å². The summed E-state index contributed by atoms with van der Waals surface area (Å²) in [6.45, 7) is 3.79. The highest BCUT2D eigenvalue weighted by Gasteiger charge is 2.38. The monoisotopic (exact) mass is 480 g/mol. The van der Waals surface area contributed by atoms with E-state index in [1.807, 2.05) is 0 Å². The smallest absolute Gasteiger partial charge is 0.411 e. The molecule has 1 aliphatic heterocycles. The Morgan fingerprint density at radius 3 is 2.53 bits per heavy atom. The quantitative estimate of drug-likeness (QED) is 0.262. The molecule has 0 saturated carbocycles. The summed E-state index contributed by atoms with van der Waals surface area (Å²) in [6.07, 6.45) is 1.44. The van der Waals surface area contributed by atoms with Crippen LogP contribution in [-0.4, -0.2) is 87.8 Å². The Hall–Kier alpha value is -3.31. The summed E-state index contributed by atoms with van der Waals surface area (Å²) in [6, 6.07) is 2.33. The molecule has 0 aromatic heterocycles. The fraction of sp³-hybridized carbons (Fsp3) is 0.522. The van der Waals surface area contributed by atoms with Gasteiger partial charge in [0.05, 0.1) is 51.3 Å². The molecule has 1 aromatic rings. The molecule has 1 aliphatic rings. The zero-order chi connectivity index (χ0) is 25.1. The van der Waals surface area contributed by atoms with Gasteiger partial charge in [0, 0.05) is 25.6 Å². The molecule has 0 radical (unpaired) electrons. The molecule has 2 amide bonds. The summed E-state index contributed by atoms with van der Waals surface area (Å²) >= 11 is 0. The second-order valence-corrected chi connectivity index (χ2v) is 7.39. The lowest BCUT2D eigenvalue weighted by molar-refractivity contribution is -0.141. The molecule has 0 aliphatic carbocycles. The number of nitrogens with zero attached hydrogens (tertiary/aromatic N) is 1. The third kappa shape index (κ3) is 6.84. The van der Waals surface area contributed by atoms with Gasteiger partial charge in [-0.2, -0.15) is 0 Å². The number of anilines is 1. The van der Waals surface area contributed by atoms with Crippen LogP contribution in [0.15, 0.2) is 24.8 Å². The minimum atomic E-state index is -0.770. The van der Waals surface area contributed by atoms with Crippen molar-refractivity contribution in [1.82, 2.24) is 4.90 Å². The minimum absolute atomic E-state index is 0.00386. The molecule has 11 nitrogen and oxygen atoms in total. The van der Waals surface area contributed by atoms with Crippen LogP contribution in [0.2, 0.25) is 0 Å². The molecule has 188 valence electrons. The van der Waals surface area contributed by atoms with Crippen molar-refractivity contribution in [2.24, 2.45) is 0 Å². The Kier molecular flexibility index (Phi) is 10.6. The molecule has 0 spiro atoms. The van der Waals surface area contributed by atoms with Crippen LogP contribution in [0.5, 0.6) is 11.5 Å². The number of aliphatic hydroxyl groups is 1. The lowest BCUT2D eigenvalue weighted by Gasteiger charge is -2.27. The van der Waals surface area contributed by atoms with Crippen molar-refractivity contribution in [3.63, 3.8) is 0 Å². The average molecular weight is 481 g/mol. The molecule has 1 saturated heterocycles. The molecule has 2 unspecified atom stereocenters. The summed E-state index contributed by atoms with van der Waals surface area (Å²) in [5.41, 5.74) is 0.300. The predicted octanol–water partition coefficient (Wildman–Crippen LogP) is 1.98. The van der Waals surface area contributed by atoms with E-state index >= 15 is 0 Å². The summed E-state index contributed by atoms with van der Waals surface area (Å²) < 4.78 is 26.0. The van der Waals surface area contributed by atoms with Crippen LogP contribution in [0.25, 0.3) is 0 Å². The second-order valence-electron chi connectivity index (χ2n) is 7.39. The molecule has 2 atom stereocenters. The van der Waals surface area contributed by atoms with Gasteiger partial charge in [0.15, 0.2) is 11.5 Å². The maximum absolute atomic E-state index is 13.5. The predicted molar refractivity (Wildman–Crippen MR) is 122 cm³/mol. The van der Waals surface area contributed by atoms with Crippen molar-refractivity contribution >= 4 is 23.7 Å². The SMILES string of the molecule is C=CCOC(=O)Nc1cc(OC)c(OC)cc1C(=O)N1CCC(OCCCC(=O)OC)C1CO. The maximum atomic E-state index is 13.5. The molecular weight excluding hydrogens is 448 g/mol. The fourth-order valence-electron chi connectivity index (χ4n) is 3.64. The highest BCUT2D eigenvalue weighted by molar-refractivity contribution is 6.04. The number of esters is 1. The van der Waals surface area contributed by atoms with Gasteiger partial charge >= 0.3 is 12.1 Å². The zero-order valence-electron chi connectivity index (χ0n) is 19.7. The molecule has 11 heteroatoms. The average Bonchev–Trinajstić information content (AvgIpc) is 3.27. The number of likely N-dealkylation sites (tertiary alicyclic amines) is 1. The number of benzene rings is 1. The Bertz CT molecular complexity index is 874. The second kappa shape index (κ2) is 13.4. The largest absolute Gasteiger partial charge is 0.493 e. The van der Waals surface area contributed by atoms with Crippen LogP contribution in [0, 0.1) is 0 Å². The number of hydrogen-bond donors (Lipinski definition) is 2. The van der Waals surface area contributed by atoms with E-state index in [1.54, 1.807) is 0 Å². The zero-order valence-corrected chi connectivity index (χ0v) is 19.7. The molecule has 1 heterocycles. The van der Waals surface area contributed by atoms with Crippen molar-refractivity contribution < 1.29 is 43.2 Å². The third-order valence-electron chi connectivity index (χ3n) is 5.34. The van der Waals surface area contributed by atoms with E-state index in [4.69, 9.17) is 18.9 Å². The number of amides is 2. The summed E-state index contributed by atoms with van der Waals surface area (Å²) in [5, 5.41) is 12.5. The first-order valence-electron chi connectivity index (χ1n) is 10.8. The molecule has 1 aromatic carbocycles. The highest BCUT2D eigenvalue weighted by atomic mass is 16.5. The first kappa shape index (κ1) is 26.9. The van der Waals surface area contributed by atoms with Gasteiger partial charge in [0.25, 0.3) is 5.91 Å². The molecule has 34 heavy (non-hydrogen) atoms. The van der Waals surface area contributed by atoms with Crippen molar-refractivity contribution in [1.29, 1.82) is 0 Å².